The molecule has 184 valence electrons. The molecule has 1 N–H and O–H groups in total. The number of fused-ring (bicyclic) bond motifs is 1. The molecule has 1 aliphatic rings. The maximum atomic E-state index is 12.6. The van der Waals surface area contributed by atoms with Crippen molar-refractivity contribution in [3.8, 4) is 5.75 Å². The van der Waals surface area contributed by atoms with Gasteiger partial charge in [-0.1, -0.05) is 29.8 Å². The second kappa shape index (κ2) is 11.2. The number of halogens is 4. The number of nitrogens with one attached hydrogen (secondary N) is 1. The first-order valence-corrected chi connectivity index (χ1v) is 12.4. The van der Waals surface area contributed by atoms with Gasteiger partial charge in [-0.25, -0.2) is 0 Å². The largest absolute Gasteiger partial charge is 0.534 e. The quantitative estimate of drug-likeness (QED) is 0.229. The van der Waals surface area contributed by atoms with Gasteiger partial charge >= 0.3 is 15.6 Å². The molecule has 0 saturated carbocycles. The predicted molar refractivity (Wildman–Crippen MR) is 124 cm³/mol. The standard InChI is InChI=1S/C23H24ClF3N2O4S/c24-20-7-3-17(4-8-20)5-10-22(30)28-12-1-2-13-29-14-11-18-6-9-21(15-19(18)16-29)33-34(31,32)23(25,26)27/h3-10,15H,1-2,11-14,16H2,(H,28,30). The summed E-state index contributed by atoms with van der Waals surface area (Å²) in [6.45, 7) is 2.52. The van der Waals surface area contributed by atoms with E-state index in [1.807, 2.05) is 12.1 Å². The minimum atomic E-state index is -5.70. The number of carbonyl (C=O) groups excluding carboxylic acids is 1. The van der Waals surface area contributed by atoms with Crippen molar-refractivity contribution in [1.82, 2.24) is 10.2 Å². The number of hydrogen-bond donors (Lipinski definition) is 1. The van der Waals surface area contributed by atoms with Crippen molar-refractivity contribution < 1.29 is 30.6 Å². The molecule has 6 nitrogen and oxygen atoms in total. The summed E-state index contributed by atoms with van der Waals surface area (Å²) < 4.78 is 64.4. The van der Waals surface area contributed by atoms with Crippen LogP contribution in [-0.4, -0.2) is 44.4 Å². The van der Waals surface area contributed by atoms with Crippen LogP contribution in [-0.2, 0) is 27.9 Å². The Morgan fingerprint density at radius 2 is 1.85 bits per heavy atom. The summed E-state index contributed by atoms with van der Waals surface area (Å²) in [5.41, 5.74) is -2.92. The molecule has 0 aromatic heterocycles. The molecule has 11 heteroatoms. The van der Waals surface area contributed by atoms with Gasteiger partial charge in [-0.15, -0.1) is 0 Å². The molecular formula is C23H24ClF3N2O4S. The molecule has 0 saturated heterocycles. The minimum absolute atomic E-state index is 0.191. The number of amides is 1. The molecule has 0 radical (unpaired) electrons. The number of unbranched alkanes of at least 4 members (excludes halogenated alkanes) is 1. The van der Waals surface area contributed by atoms with Crippen LogP contribution in [0, 0.1) is 0 Å². The highest BCUT2D eigenvalue weighted by Gasteiger charge is 2.48. The van der Waals surface area contributed by atoms with Gasteiger partial charge in [0.1, 0.15) is 5.75 Å². The minimum Gasteiger partial charge on any atom is -0.376 e. The number of alkyl halides is 3. The van der Waals surface area contributed by atoms with Crippen LogP contribution in [0.2, 0.25) is 5.02 Å². The number of nitrogens with zero attached hydrogens (tertiary/aromatic N) is 1. The zero-order valence-corrected chi connectivity index (χ0v) is 19.7. The molecule has 2 aromatic carbocycles. The van der Waals surface area contributed by atoms with Gasteiger partial charge in [0.2, 0.25) is 5.91 Å². The van der Waals surface area contributed by atoms with E-state index in [0.717, 1.165) is 42.6 Å². The van der Waals surface area contributed by atoms with Gasteiger partial charge in [0.25, 0.3) is 0 Å². The Hall–Kier alpha value is -2.56. The van der Waals surface area contributed by atoms with Crippen LogP contribution in [0.5, 0.6) is 5.75 Å². The summed E-state index contributed by atoms with van der Waals surface area (Å²) in [6.07, 6.45) is 5.44. The van der Waals surface area contributed by atoms with Crippen LogP contribution < -0.4 is 9.50 Å². The lowest BCUT2D eigenvalue weighted by Crippen LogP contribution is -2.32. The number of rotatable bonds is 9. The summed E-state index contributed by atoms with van der Waals surface area (Å²) in [6, 6.07) is 11.3. The second-order valence-corrected chi connectivity index (χ2v) is 9.80. The molecule has 0 aliphatic carbocycles. The molecule has 2 aromatic rings. The van der Waals surface area contributed by atoms with Crippen molar-refractivity contribution in [3.05, 3.63) is 70.3 Å². The average molecular weight is 517 g/mol. The maximum absolute atomic E-state index is 12.6. The normalized spacial score (nSPS) is 14.7. The van der Waals surface area contributed by atoms with Gasteiger partial charge in [-0.3, -0.25) is 9.69 Å². The van der Waals surface area contributed by atoms with E-state index >= 15 is 0 Å². The van der Waals surface area contributed by atoms with E-state index in [2.05, 4.69) is 14.4 Å². The van der Waals surface area contributed by atoms with Crippen LogP contribution in [0.25, 0.3) is 6.08 Å². The summed E-state index contributed by atoms with van der Waals surface area (Å²) in [5.74, 6) is -0.546. The Balaban J connectivity index is 1.41. The fourth-order valence-electron chi connectivity index (χ4n) is 3.49. The van der Waals surface area contributed by atoms with E-state index in [-0.39, 0.29) is 11.7 Å². The van der Waals surface area contributed by atoms with E-state index in [1.165, 1.54) is 18.2 Å². The monoisotopic (exact) mass is 516 g/mol. The third kappa shape index (κ3) is 7.48. The Morgan fingerprint density at radius 1 is 1.12 bits per heavy atom. The lowest BCUT2D eigenvalue weighted by atomic mass is 9.99. The highest BCUT2D eigenvalue weighted by molar-refractivity contribution is 7.88. The number of hydrogen-bond acceptors (Lipinski definition) is 5. The lowest BCUT2D eigenvalue weighted by Gasteiger charge is -2.29. The highest BCUT2D eigenvalue weighted by Crippen LogP contribution is 2.29. The third-order valence-corrected chi connectivity index (χ3v) is 6.49. The Bertz CT molecular complexity index is 1140. The lowest BCUT2D eigenvalue weighted by molar-refractivity contribution is -0.116. The van der Waals surface area contributed by atoms with E-state index < -0.39 is 15.6 Å². The third-order valence-electron chi connectivity index (χ3n) is 5.26. The second-order valence-electron chi connectivity index (χ2n) is 7.82. The van der Waals surface area contributed by atoms with E-state index in [1.54, 1.807) is 24.3 Å². The topological polar surface area (TPSA) is 75.7 Å². The van der Waals surface area contributed by atoms with E-state index in [0.29, 0.717) is 24.5 Å². The average Bonchev–Trinajstić information content (AvgIpc) is 2.77. The predicted octanol–water partition coefficient (Wildman–Crippen LogP) is 4.54. The van der Waals surface area contributed by atoms with Crippen LogP contribution >= 0.6 is 11.6 Å². The van der Waals surface area contributed by atoms with Gasteiger partial charge in [-0.05, 0) is 72.8 Å². The van der Waals surface area contributed by atoms with Crippen molar-refractivity contribution >= 4 is 33.7 Å². The Labute approximate surface area is 201 Å². The summed E-state index contributed by atoms with van der Waals surface area (Å²) in [4.78, 5) is 14.1. The van der Waals surface area contributed by atoms with Gasteiger partial charge < -0.3 is 9.50 Å². The SMILES string of the molecule is O=C(C=Cc1ccc(Cl)cc1)NCCCCN1CCc2ccc(OS(=O)(=O)C(F)(F)F)cc2C1. The summed E-state index contributed by atoms with van der Waals surface area (Å²) >= 11 is 5.83. The van der Waals surface area contributed by atoms with Crippen molar-refractivity contribution in [3.63, 3.8) is 0 Å². The number of benzene rings is 2. The molecule has 0 bridgehead atoms. The van der Waals surface area contributed by atoms with Gasteiger partial charge in [0, 0.05) is 30.7 Å². The smallest absolute Gasteiger partial charge is 0.376 e. The van der Waals surface area contributed by atoms with Crippen molar-refractivity contribution in [2.45, 2.75) is 31.3 Å². The van der Waals surface area contributed by atoms with Crippen LogP contribution in [0.1, 0.15) is 29.5 Å². The fourth-order valence-corrected chi connectivity index (χ4v) is 4.06. The van der Waals surface area contributed by atoms with Gasteiger partial charge in [0.05, 0.1) is 0 Å². The first-order chi connectivity index (χ1) is 16.0. The summed E-state index contributed by atoms with van der Waals surface area (Å²) in [7, 11) is -5.70. The molecular weight excluding hydrogens is 493 g/mol. The summed E-state index contributed by atoms with van der Waals surface area (Å²) in [5, 5.41) is 3.45. The van der Waals surface area contributed by atoms with Crippen molar-refractivity contribution in [2.24, 2.45) is 0 Å². The van der Waals surface area contributed by atoms with Crippen molar-refractivity contribution in [2.75, 3.05) is 19.6 Å². The molecule has 1 aliphatic heterocycles. The van der Waals surface area contributed by atoms with E-state index in [9.17, 15) is 26.4 Å². The molecule has 0 spiro atoms. The van der Waals surface area contributed by atoms with Crippen LogP contribution in [0.3, 0.4) is 0 Å². The first kappa shape index (κ1) is 26.1. The van der Waals surface area contributed by atoms with Gasteiger partial charge in [0.15, 0.2) is 0 Å². The molecule has 34 heavy (non-hydrogen) atoms. The maximum Gasteiger partial charge on any atom is 0.534 e. The molecule has 0 fully saturated rings. The molecule has 0 atom stereocenters. The Kier molecular flexibility index (Phi) is 8.62. The fraction of sp³-hybridized carbons (Fsp3) is 0.348. The van der Waals surface area contributed by atoms with Crippen LogP contribution in [0.15, 0.2) is 48.5 Å². The molecule has 0 unspecified atom stereocenters. The first-order valence-electron chi connectivity index (χ1n) is 10.6. The zero-order valence-electron chi connectivity index (χ0n) is 18.1. The number of carbonyl (C=O) groups is 1. The molecule has 1 heterocycles. The molecule has 3 rings (SSSR count). The highest BCUT2D eigenvalue weighted by atomic mass is 35.5. The zero-order chi connectivity index (χ0) is 24.8. The van der Waals surface area contributed by atoms with Gasteiger partial charge in [-0.2, -0.15) is 21.6 Å². The molecule has 1 amide bonds. The van der Waals surface area contributed by atoms with Crippen molar-refractivity contribution in [1.29, 1.82) is 0 Å². The van der Waals surface area contributed by atoms with Crippen LogP contribution in [0.4, 0.5) is 13.2 Å². The van der Waals surface area contributed by atoms with E-state index in [4.69, 9.17) is 11.6 Å². The Morgan fingerprint density at radius 3 is 2.56 bits per heavy atom.